The molecule has 1 saturated carbocycles. The van der Waals surface area contributed by atoms with E-state index in [0.29, 0.717) is 41.1 Å². The van der Waals surface area contributed by atoms with Crippen LogP contribution >= 0.6 is 69.6 Å². The zero-order valence-electron chi connectivity index (χ0n) is 58.7. The van der Waals surface area contributed by atoms with Crippen LogP contribution in [-0.2, 0) is 38.2 Å². The van der Waals surface area contributed by atoms with Crippen LogP contribution in [0.15, 0.2) is 110 Å². The number of hydrogen-bond donors (Lipinski definition) is 6. The van der Waals surface area contributed by atoms with Gasteiger partial charge in [0.05, 0.1) is 65.9 Å². The van der Waals surface area contributed by atoms with E-state index in [1.54, 1.807) is 65.0 Å². The van der Waals surface area contributed by atoms with E-state index in [1.807, 2.05) is 0 Å². The van der Waals surface area contributed by atoms with Gasteiger partial charge in [-0.15, -0.1) is 30.6 Å². The number of nitrogens with zero attached hydrogens (tertiary/aromatic N) is 21. The van der Waals surface area contributed by atoms with Crippen molar-refractivity contribution in [1.82, 2.24) is 116 Å². The fraction of sp³-hybridized carbons (Fsp3) is 0.227. The average Bonchev–Trinajstić information content (AvgIpc) is 1.59. The summed E-state index contributed by atoms with van der Waals surface area (Å²) >= 11 is 37.2. The van der Waals surface area contributed by atoms with Crippen molar-refractivity contribution in [3.63, 3.8) is 0 Å². The molecule has 0 atom stereocenters. The normalized spacial score (nSPS) is 12.2. The van der Waals surface area contributed by atoms with Crippen molar-refractivity contribution >= 4 is 122 Å². The number of tetrazole rings is 3. The molecule has 592 valence electrons. The van der Waals surface area contributed by atoms with Crippen LogP contribution in [0.1, 0.15) is 140 Å². The molecule has 114 heavy (non-hydrogen) atoms. The van der Waals surface area contributed by atoms with E-state index in [-0.39, 0.29) is 137 Å². The number of aromatic nitrogens is 21. The first-order chi connectivity index (χ1) is 53.8. The summed E-state index contributed by atoms with van der Waals surface area (Å²) in [6.45, 7) is 7.49. The van der Waals surface area contributed by atoms with Gasteiger partial charge in [0.25, 0.3) is 52.9 Å². The number of alkyl halides is 9. The van der Waals surface area contributed by atoms with Crippen molar-refractivity contribution in [2.75, 3.05) is 16.0 Å². The fourth-order valence-corrected chi connectivity index (χ4v) is 11.9. The minimum atomic E-state index is -4.78. The van der Waals surface area contributed by atoms with Crippen molar-refractivity contribution < 1.29 is 68.3 Å². The Kier molecular flexibility index (Phi) is 24.8. The number of carbonyl (C=O) groups is 6. The highest BCUT2D eigenvalue weighted by molar-refractivity contribution is 6.34. The molecule has 1 aliphatic rings. The topological polar surface area (TPSA) is 412 Å². The number of anilines is 3. The molecule has 6 amide bonds. The molecule has 9 aromatic heterocycles. The lowest BCUT2D eigenvalue weighted by atomic mass is 10.1. The van der Waals surface area contributed by atoms with Crippen molar-refractivity contribution in [3.8, 4) is 17.5 Å². The first-order valence-electron chi connectivity index (χ1n) is 32.7. The number of rotatable bonds is 20. The van der Waals surface area contributed by atoms with Gasteiger partial charge in [-0.3, -0.25) is 28.8 Å². The Bertz CT molecular complexity index is 5480. The van der Waals surface area contributed by atoms with E-state index in [9.17, 15) is 68.3 Å². The molecule has 1 fully saturated rings. The quantitative estimate of drug-likeness (QED) is 0.0386. The van der Waals surface area contributed by atoms with Crippen LogP contribution in [0.3, 0.4) is 0 Å². The minimum absolute atomic E-state index is 0.0259. The number of hydrogen-bond acceptors (Lipinski definition) is 21. The van der Waals surface area contributed by atoms with Crippen molar-refractivity contribution in [2.45, 2.75) is 97.7 Å². The molecule has 9 heterocycles. The van der Waals surface area contributed by atoms with E-state index in [1.165, 1.54) is 79.3 Å². The van der Waals surface area contributed by atoms with Gasteiger partial charge in [0.2, 0.25) is 0 Å². The molecule has 3 aromatic carbocycles. The molecule has 0 saturated heterocycles. The number of pyridine rings is 3. The van der Waals surface area contributed by atoms with Crippen LogP contribution in [0.5, 0.6) is 0 Å². The van der Waals surface area contributed by atoms with Gasteiger partial charge < -0.3 is 32.3 Å². The van der Waals surface area contributed by atoms with Gasteiger partial charge in [0.15, 0.2) is 17.5 Å². The second kappa shape index (κ2) is 34.1. The summed E-state index contributed by atoms with van der Waals surface area (Å²) in [6.07, 6.45) is -8.33. The second-order valence-electron chi connectivity index (χ2n) is 24.7. The van der Waals surface area contributed by atoms with Gasteiger partial charge in [-0.1, -0.05) is 69.6 Å². The minimum Gasteiger partial charge on any atom is -0.366 e. The van der Waals surface area contributed by atoms with Crippen LogP contribution in [0.25, 0.3) is 17.5 Å². The number of benzene rings is 3. The van der Waals surface area contributed by atoms with E-state index in [0.717, 1.165) is 26.9 Å². The second-order valence-corrected chi connectivity index (χ2v) is 27.2. The van der Waals surface area contributed by atoms with Crippen LogP contribution in [0.4, 0.5) is 56.6 Å². The van der Waals surface area contributed by atoms with Gasteiger partial charge in [-0.2, -0.15) is 69.2 Å². The Hall–Kier alpha value is -12.1. The number of aryl methyl sites for hydroxylation is 3. The molecule has 0 spiro atoms. The molecule has 0 radical (unpaired) electrons. The highest BCUT2D eigenvalue weighted by Gasteiger charge is 2.40. The molecule has 33 nitrogen and oxygen atoms in total. The molecule has 12 aromatic rings. The summed E-state index contributed by atoms with van der Waals surface area (Å²) in [4.78, 5) is 92.6. The van der Waals surface area contributed by atoms with Gasteiger partial charge >= 0.3 is 18.5 Å². The molecule has 0 bridgehead atoms. The number of primary amides is 1. The van der Waals surface area contributed by atoms with Gasteiger partial charge in [-0.05, 0) is 171 Å². The monoisotopic (exact) mass is 1700 g/mol. The lowest BCUT2D eigenvalue weighted by Gasteiger charge is -2.16. The molecule has 0 unspecified atom stereocenters. The predicted molar refractivity (Wildman–Crippen MR) is 389 cm³/mol. The molecule has 1 aliphatic carbocycles. The first-order valence-corrected chi connectivity index (χ1v) is 34.9. The van der Waals surface area contributed by atoms with Gasteiger partial charge in [-0.25, -0.2) is 29.0 Å². The fourth-order valence-electron chi connectivity index (χ4n) is 10.4. The summed E-state index contributed by atoms with van der Waals surface area (Å²) in [5.41, 5.74) is 7.85. The van der Waals surface area contributed by atoms with Crippen molar-refractivity contribution in [1.29, 1.82) is 0 Å². The Labute approximate surface area is 664 Å². The van der Waals surface area contributed by atoms with E-state index >= 15 is 0 Å². The summed E-state index contributed by atoms with van der Waals surface area (Å²) in [6, 6.07) is 22.0. The van der Waals surface area contributed by atoms with E-state index in [4.69, 9.17) is 75.3 Å². The first kappa shape index (κ1) is 82.8. The Morgan fingerprint density at radius 2 is 0.754 bits per heavy atom. The average molecular weight is 1700 g/mol. The predicted octanol–water partition coefficient (Wildman–Crippen LogP) is 11.7. The van der Waals surface area contributed by atoms with E-state index in [2.05, 4.69) is 103 Å². The lowest BCUT2D eigenvalue weighted by Crippen LogP contribution is -2.31. The third kappa shape index (κ3) is 20.0. The van der Waals surface area contributed by atoms with Crippen molar-refractivity contribution in [2.24, 2.45) is 5.73 Å². The maximum absolute atomic E-state index is 13.6. The zero-order valence-corrected chi connectivity index (χ0v) is 63.2. The standard InChI is InChI=1S/C23H18Cl2F3N9O2.C23H20Cl2F3N9O2.C20H14Cl2F3N9O2/c1-11-7-12(24)8-15(20(38)30-13-4-5-13)18(11)31-21(39)17-9-14(10-36-34-22(32-35-36)23(26,27)28)33-37(17)19-16(25)3-2-6-29-19;1-11(2)30-20(38)15-8-13(24)7-12(3)18(15)31-21(39)17-9-14(10-36-34-22(32-35-36)23(26,27)28)33-37(17)19-16(25)5-4-6-29-19;1-9-5-10(21)6-12(16(26)35)15(9)28-18(36)14-7-11(8-33-31-19(29-32-33)20(23,24)25)30-34(14)17-13(22)3-2-4-27-17/h2-3,6-9,13H,4-5,10H2,1H3,(H,30,38)(H,31,39);4-9,11H,10H2,1-3H3,(H,30,38)(H,31,39);2-7H,8H2,1H3,(H2,26,35)(H,28,36). The largest absolute Gasteiger partial charge is 0.455 e. The SMILES string of the molecule is Cc1cc(Cl)cc(C(=O)NC(C)C)c1NC(=O)c1cc(Cn2nnc(C(F)(F)F)n2)nn1-c1ncccc1Cl.Cc1cc(Cl)cc(C(=O)NC2CC2)c1NC(=O)c1cc(Cn2nnc(C(F)(F)F)n2)nn1-c1ncccc1Cl.Cc1cc(Cl)cc(C(N)=O)c1NC(=O)c1cc(Cn2nnc(C(F)(F)F)n2)nn1-c1ncccc1Cl. The summed E-state index contributed by atoms with van der Waals surface area (Å²) in [7, 11) is 0. The highest BCUT2D eigenvalue weighted by atomic mass is 35.5. The molecule has 48 heteroatoms. The van der Waals surface area contributed by atoms with Crippen LogP contribution in [0, 0.1) is 20.8 Å². The maximum atomic E-state index is 13.6. The maximum Gasteiger partial charge on any atom is 0.455 e. The van der Waals surface area contributed by atoms with Gasteiger partial charge in [0.1, 0.15) is 36.7 Å². The molecule has 13 rings (SSSR count). The highest BCUT2D eigenvalue weighted by Crippen LogP contribution is 2.34. The number of halogens is 15. The molecular weight excluding hydrogens is 1650 g/mol. The molecule has 0 aliphatic heterocycles. The number of nitrogens with one attached hydrogen (secondary N) is 5. The third-order valence-electron chi connectivity index (χ3n) is 15.5. The summed E-state index contributed by atoms with van der Waals surface area (Å²) in [5.74, 6) is -7.82. The Morgan fingerprint density at radius 1 is 0.447 bits per heavy atom. The van der Waals surface area contributed by atoms with Crippen LogP contribution < -0.4 is 32.3 Å². The number of nitrogens with two attached hydrogens (primary N) is 1. The smallest absolute Gasteiger partial charge is 0.366 e. The number of carbonyl (C=O) groups excluding carboxylic acids is 6. The van der Waals surface area contributed by atoms with Crippen molar-refractivity contribution in [3.05, 3.63) is 225 Å². The Balaban J connectivity index is 0.000000169. The summed E-state index contributed by atoms with van der Waals surface area (Å²) in [5, 5.41) is 56.9. The number of amides is 6. The molecule has 7 N–H and O–H groups in total. The zero-order chi connectivity index (χ0) is 82.6. The lowest BCUT2D eigenvalue weighted by molar-refractivity contribution is -0.145. The third-order valence-corrected chi connectivity index (χ3v) is 17.1. The van der Waals surface area contributed by atoms with E-state index < -0.39 is 71.4 Å². The Morgan fingerprint density at radius 3 is 1.04 bits per heavy atom. The summed E-state index contributed by atoms with van der Waals surface area (Å²) < 4.78 is 119. The van der Waals surface area contributed by atoms with Gasteiger partial charge in [0, 0.05) is 45.7 Å². The van der Waals surface area contributed by atoms with Crippen LogP contribution in [-0.4, -0.2) is 152 Å². The van der Waals surface area contributed by atoms with Crippen LogP contribution in [0.2, 0.25) is 30.1 Å². The molecular formula is C66H52Cl6F9N27O6.